The normalized spacial score (nSPS) is 14.5. The summed E-state index contributed by atoms with van der Waals surface area (Å²) in [5.41, 5.74) is 2.59. The van der Waals surface area contributed by atoms with Gasteiger partial charge in [-0.25, -0.2) is 8.42 Å². The van der Waals surface area contributed by atoms with Gasteiger partial charge < -0.3 is 9.80 Å². The highest BCUT2D eigenvalue weighted by Gasteiger charge is 2.26. The Morgan fingerprint density at radius 3 is 2.17 bits per heavy atom. The molecule has 9 heteroatoms. The molecule has 1 saturated heterocycles. The summed E-state index contributed by atoms with van der Waals surface area (Å²) in [7, 11) is -3.90. The Kier molecular flexibility index (Phi) is 6.38. The molecular weight excluding hydrogens is 426 g/mol. The molecule has 0 saturated carbocycles. The van der Waals surface area contributed by atoms with Gasteiger partial charge in [0.2, 0.25) is 5.91 Å². The molecule has 0 aliphatic carbocycles. The lowest BCUT2D eigenvalue weighted by molar-refractivity contribution is -0.130. The van der Waals surface area contributed by atoms with E-state index in [1.165, 1.54) is 25.1 Å². The van der Waals surface area contributed by atoms with Gasteiger partial charge in [0, 0.05) is 38.8 Å². The van der Waals surface area contributed by atoms with Gasteiger partial charge in [-0.15, -0.1) is 0 Å². The van der Waals surface area contributed by atoms with Crippen molar-refractivity contribution in [2.24, 2.45) is 0 Å². The minimum Gasteiger partial charge on any atom is -0.339 e. The van der Waals surface area contributed by atoms with Gasteiger partial charge >= 0.3 is 0 Å². The molecule has 160 valence electrons. The Morgan fingerprint density at radius 2 is 1.57 bits per heavy atom. The molecular formula is C21H24ClN3O4S. The number of sulfonamides is 1. The number of carbonyl (C=O) groups is 2. The van der Waals surface area contributed by atoms with Crippen molar-refractivity contribution in [3.63, 3.8) is 0 Å². The first kappa shape index (κ1) is 22.1. The van der Waals surface area contributed by atoms with Gasteiger partial charge in [0.25, 0.3) is 15.9 Å². The van der Waals surface area contributed by atoms with E-state index in [4.69, 9.17) is 11.6 Å². The lowest BCUT2D eigenvalue weighted by Gasteiger charge is -2.34. The molecule has 1 heterocycles. The number of carbonyl (C=O) groups excluding carboxylic acids is 2. The third-order valence-electron chi connectivity index (χ3n) is 5.25. The molecule has 0 bridgehead atoms. The van der Waals surface area contributed by atoms with Gasteiger partial charge in [0.05, 0.1) is 15.5 Å². The largest absolute Gasteiger partial charge is 0.339 e. The number of nitrogens with one attached hydrogen (secondary N) is 1. The summed E-state index contributed by atoms with van der Waals surface area (Å²) in [6.45, 7) is 6.94. The van der Waals surface area contributed by atoms with Crippen LogP contribution >= 0.6 is 11.6 Å². The van der Waals surface area contributed by atoms with Crippen LogP contribution in [0, 0.1) is 13.8 Å². The van der Waals surface area contributed by atoms with Crippen LogP contribution in [0.3, 0.4) is 0 Å². The number of nitrogens with zero attached hydrogens (tertiary/aromatic N) is 2. The summed E-state index contributed by atoms with van der Waals surface area (Å²) >= 11 is 6.21. The van der Waals surface area contributed by atoms with Crippen molar-refractivity contribution in [3.05, 3.63) is 58.1 Å². The quantitative estimate of drug-likeness (QED) is 0.777. The topological polar surface area (TPSA) is 86.8 Å². The average molecular weight is 450 g/mol. The van der Waals surface area contributed by atoms with Crippen LogP contribution in [0.1, 0.15) is 28.4 Å². The van der Waals surface area contributed by atoms with Crippen LogP contribution in [0.2, 0.25) is 5.02 Å². The van der Waals surface area contributed by atoms with Gasteiger partial charge in [-0.2, -0.15) is 0 Å². The minimum atomic E-state index is -3.90. The van der Waals surface area contributed by atoms with Crippen molar-refractivity contribution in [1.29, 1.82) is 0 Å². The van der Waals surface area contributed by atoms with Gasteiger partial charge in [0.15, 0.2) is 0 Å². The van der Waals surface area contributed by atoms with Crippen molar-refractivity contribution >= 4 is 39.1 Å². The average Bonchev–Trinajstić information content (AvgIpc) is 2.70. The van der Waals surface area contributed by atoms with E-state index in [0.29, 0.717) is 31.9 Å². The predicted molar refractivity (Wildman–Crippen MR) is 116 cm³/mol. The van der Waals surface area contributed by atoms with E-state index < -0.39 is 10.0 Å². The molecule has 30 heavy (non-hydrogen) atoms. The number of rotatable bonds is 4. The zero-order valence-electron chi connectivity index (χ0n) is 17.1. The van der Waals surface area contributed by atoms with E-state index in [0.717, 1.165) is 11.1 Å². The van der Waals surface area contributed by atoms with Crippen LogP contribution in [0.25, 0.3) is 0 Å². The van der Waals surface area contributed by atoms with E-state index in [-0.39, 0.29) is 27.3 Å². The fourth-order valence-electron chi connectivity index (χ4n) is 3.25. The Hall–Kier alpha value is -2.58. The van der Waals surface area contributed by atoms with Gasteiger partial charge in [-0.3, -0.25) is 14.3 Å². The van der Waals surface area contributed by atoms with Crippen molar-refractivity contribution in [3.8, 4) is 0 Å². The van der Waals surface area contributed by atoms with Crippen LogP contribution in [0.4, 0.5) is 5.69 Å². The van der Waals surface area contributed by atoms with Crippen molar-refractivity contribution in [2.45, 2.75) is 25.7 Å². The van der Waals surface area contributed by atoms with Gasteiger partial charge in [-0.05, 0) is 55.3 Å². The minimum absolute atomic E-state index is 0.0364. The molecule has 3 rings (SSSR count). The van der Waals surface area contributed by atoms with Crippen LogP contribution < -0.4 is 4.72 Å². The number of anilines is 1. The molecule has 0 spiro atoms. The molecule has 1 aliphatic heterocycles. The number of amides is 2. The Bertz CT molecular complexity index is 1090. The maximum Gasteiger partial charge on any atom is 0.261 e. The van der Waals surface area contributed by atoms with E-state index in [1.54, 1.807) is 21.9 Å². The van der Waals surface area contributed by atoms with E-state index in [2.05, 4.69) is 4.72 Å². The number of benzene rings is 2. The second-order valence-corrected chi connectivity index (χ2v) is 9.43. The third kappa shape index (κ3) is 4.76. The van der Waals surface area contributed by atoms with Crippen molar-refractivity contribution in [2.75, 3.05) is 30.9 Å². The highest BCUT2D eigenvalue weighted by Crippen LogP contribution is 2.25. The Morgan fingerprint density at radius 1 is 0.933 bits per heavy atom. The third-order valence-corrected chi connectivity index (χ3v) is 6.96. The molecule has 0 atom stereocenters. The first-order valence-corrected chi connectivity index (χ1v) is 11.4. The molecule has 0 aromatic heterocycles. The Labute approximate surface area is 181 Å². The Balaban J connectivity index is 1.82. The molecule has 7 nitrogen and oxygen atoms in total. The number of hydrogen-bond donors (Lipinski definition) is 1. The van der Waals surface area contributed by atoms with Crippen molar-refractivity contribution in [1.82, 2.24) is 9.80 Å². The monoisotopic (exact) mass is 449 g/mol. The zero-order chi connectivity index (χ0) is 22.1. The fourth-order valence-corrected chi connectivity index (χ4v) is 4.52. The van der Waals surface area contributed by atoms with Gasteiger partial charge in [-0.1, -0.05) is 17.7 Å². The van der Waals surface area contributed by atoms with Gasteiger partial charge in [0.1, 0.15) is 0 Å². The molecule has 2 aromatic rings. The van der Waals surface area contributed by atoms with E-state index in [1.807, 2.05) is 19.9 Å². The summed E-state index contributed by atoms with van der Waals surface area (Å²) in [5, 5.41) is 0.180. The number of hydrogen-bond acceptors (Lipinski definition) is 4. The maximum absolute atomic E-state index is 12.9. The van der Waals surface area contributed by atoms with E-state index >= 15 is 0 Å². The molecule has 1 aliphatic rings. The molecule has 2 aromatic carbocycles. The summed E-state index contributed by atoms with van der Waals surface area (Å²) in [5.74, 6) is -0.392. The SMILES string of the molecule is CC(=O)N1CCN(C(=O)c2cc(S(=O)(=O)Nc3ccc(C)c(C)c3)ccc2Cl)CC1. The van der Waals surface area contributed by atoms with E-state index in [9.17, 15) is 18.0 Å². The predicted octanol–water partition coefficient (Wildman–Crippen LogP) is 3.06. The number of piperazine rings is 1. The summed E-state index contributed by atoms with van der Waals surface area (Å²) in [4.78, 5) is 27.6. The number of halogens is 1. The molecule has 0 unspecified atom stereocenters. The summed E-state index contributed by atoms with van der Waals surface area (Å²) < 4.78 is 28.3. The molecule has 1 fully saturated rings. The maximum atomic E-state index is 12.9. The zero-order valence-corrected chi connectivity index (χ0v) is 18.7. The summed E-state index contributed by atoms with van der Waals surface area (Å²) in [6, 6.07) is 9.36. The lowest BCUT2D eigenvalue weighted by Crippen LogP contribution is -2.50. The van der Waals surface area contributed by atoms with Crippen LogP contribution in [-0.4, -0.2) is 56.2 Å². The summed E-state index contributed by atoms with van der Waals surface area (Å²) in [6.07, 6.45) is 0. The smallest absolute Gasteiger partial charge is 0.261 e. The van der Waals surface area contributed by atoms with Crippen LogP contribution in [0.15, 0.2) is 41.3 Å². The molecule has 2 amide bonds. The standard InChI is InChI=1S/C21H24ClN3O4S/c1-14-4-5-17(12-15(14)2)23-30(28,29)18-6-7-20(22)19(13-18)21(27)25-10-8-24(9-11-25)16(3)26/h4-7,12-13,23H,8-11H2,1-3H3. The fraction of sp³-hybridized carbons (Fsp3) is 0.333. The highest BCUT2D eigenvalue weighted by atomic mass is 35.5. The first-order chi connectivity index (χ1) is 14.1. The molecule has 0 radical (unpaired) electrons. The molecule has 1 N–H and O–H groups in total. The second kappa shape index (κ2) is 8.65. The highest BCUT2D eigenvalue weighted by molar-refractivity contribution is 7.92. The van der Waals surface area contributed by atoms with Crippen molar-refractivity contribution < 1.29 is 18.0 Å². The second-order valence-electron chi connectivity index (χ2n) is 7.34. The van der Waals surface area contributed by atoms with Crippen LogP contribution in [-0.2, 0) is 14.8 Å². The first-order valence-electron chi connectivity index (χ1n) is 9.53. The lowest BCUT2D eigenvalue weighted by atomic mass is 10.1. The number of aryl methyl sites for hydroxylation is 2. The van der Waals surface area contributed by atoms with Crippen LogP contribution in [0.5, 0.6) is 0 Å².